The summed E-state index contributed by atoms with van der Waals surface area (Å²) >= 11 is 1.43. The van der Waals surface area contributed by atoms with Crippen molar-refractivity contribution in [1.29, 1.82) is 0 Å². The standard InChI is InChI=1S/C17H24N4O2S/c1-4-13-12(17(23-3)21(2)20-13)9-18-16(22)15-14(19-10-24-15)11-7-5-6-8-11/h10-11H,4-9H2,1-3H3,(H,18,22). The summed E-state index contributed by atoms with van der Waals surface area (Å²) in [4.78, 5) is 17.9. The molecule has 1 saturated carbocycles. The van der Waals surface area contributed by atoms with Gasteiger partial charge in [-0.25, -0.2) is 9.67 Å². The minimum absolute atomic E-state index is 0.0487. The third kappa shape index (κ3) is 3.17. The zero-order valence-corrected chi connectivity index (χ0v) is 15.3. The van der Waals surface area contributed by atoms with Crippen molar-refractivity contribution < 1.29 is 9.53 Å². The van der Waals surface area contributed by atoms with Gasteiger partial charge in [0.15, 0.2) is 0 Å². The van der Waals surface area contributed by atoms with Gasteiger partial charge < -0.3 is 10.1 Å². The first kappa shape index (κ1) is 17.0. The van der Waals surface area contributed by atoms with Crippen LogP contribution in [0.25, 0.3) is 0 Å². The number of carbonyl (C=O) groups is 1. The molecule has 1 aliphatic carbocycles. The number of hydrogen-bond acceptors (Lipinski definition) is 5. The van der Waals surface area contributed by atoms with Crippen molar-refractivity contribution in [3.8, 4) is 5.88 Å². The zero-order chi connectivity index (χ0) is 17.1. The molecule has 0 saturated heterocycles. The summed E-state index contributed by atoms with van der Waals surface area (Å²) in [6.07, 6.45) is 5.54. The molecule has 6 nitrogen and oxygen atoms in total. The van der Waals surface area contributed by atoms with E-state index in [0.717, 1.165) is 41.1 Å². The Bertz CT molecular complexity index is 716. The number of nitrogens with zero attached hydrogens (tertiary/aromatic N) is 3. The Morgan fingerprint density at radius 3 is 2.88 bits per heavy atom. The van der Waals surface area contributed by atoms with Gasteiger partial charge in [0.25, 0.3) is 5.91 Å². The SMILES string of the molecule is CCc1nn(C)c(OC)c1CNC(=O)c1scnc1C1CCCC1. The third-order valence-corrected chi connectivity index (χ3v) is 5.51. The molecule has 24 heavy (non-hydrogen) atoms. The molecule has 0 atom stereocenters. The van der Waals surface area contributed by atoms with Gasteiger partial charge in [0.05, 0.1) is 36.1 Å². The van der Waals surface area contributed by atoms with Gasteiger partial charge in [-0.1, -0.05) is 19.8 Å². The van der Waals surface area contributed by atoms with E-state index in [-0.39, 0.29) is 5.91 Å². The highest BCUT2D eigenvalue weighted by molar-refractivity contribution is 7.11. The predicted molar refractivity (Wildman–Crippen MR) is 93.6 cm³/mol. The van der Waals surface area contributed by atoms with Crippen LogP contribution in [0.3, 0.4) is 0 Å². The van der Waals surface area contributed by atoms with Crippen LogP contribution in [0, 0.1) is 0 Å². The number of amides is 1. The van der Waals surface area contributed by atoms with Crippen LogP contribution >= 0.6 is 11.3 Å². The van der Waals surface area contributed by atoms with Gasteiger partial charge in [-0.2, -0.15) is 5.10 Å². The fourth-order valence-electron chi connectivity index (χ4n) is 3.49. The number of carbonyl (C=O) groups excluding carboxylic acids is 1. The Kier molecular flexibility index (Phi) is 5.18. The molecule has 0 radical (unpaired) electrons. The average molecular weight is 348 g/mol. The van der Waals surface area contributed by atoms with E-state index in [9.17, 15) is 4.79 Å². The smallest absolute Gasteiger partial charge is 0.263 e. The first-order valence-corrected chi connectivity index (χ1v) is 9.34. The van der Waals surface area contributed by atoms with Gasteiger partial charge >= 0.3 is 0 Å². The van der Waals surface area contributed by atoms with Crippen molar-refractivity contribution in [3.63, 3.8) is 0 Å². The van der Waals surface area contributed by atoms with E-state index in [4.69, 9.17) is 4.74 Å². The number of rotatable bonds is 6. The monoisotopic (exact) mass is 348 g/mol. The van der Waals surface area contributed by atoms with Gasteiger partial charge in [0.2, 0.25) is 5.88 Å². The van der Waals surface area contributed by atoms with E-state index in [1.165, 1.54) is 24.2 Å². The fraction of sp³-hybridized carbons (Fsp3) is 0.588. The van der Waals surface area contributed by atoms with E-state index in [1.54, 1.807) is 17.3 Å². The van der Waals surface area contributed by atoms with Crippen LogP contribution in [0.4, 0.5) is 0 Å². The maximum atomic E-state index is 12.7. The maximum Gasteiger partial charge on any atom is 0.263 e. The van der Waals surface area contributed by atoms with Crippen LogP contribution in [0.2, 0.25) is 0 Å². The normalized spacial score (nSPS) is 15.0. The molecule has 0 aromatic carbocycles. The zero-order valence-electron chi connectivity index (χ0n) is 14.5. The minimum Gasteiger partial charge on any atom is -0.481 e. The molecule has 0 unspecified atom stereocenters. The molecule has 1 amide bonds. The molecule has 1 fully saturated rings. The first-order valence-electron chi connectivity index (χ1n) is 8.46. The number of methoxy groups -OCH3 is 1. The van der Waals surface area contributed by atoms with Crippen molar-refractivity contribution >= 4 is 17.2 Å². The molecule has 0 bridgehead atoms. The van der Waals surface area contributed by atoms with Crippen LogP contribution in [0.1, 0.15) is 65.1 Å². The topological polar surface area (TPSA) is 69.0 Å². The van der Waals surface area contributed by atoms with E-state index in [1.807, 2.05) is 7.05 Å². The second-order valence-electron chi connectivity index (χ2n) is 6.14. The van der Waals surface area contributed by atoms with Gasteiger partial charge in [-0.05, 0) is 19.3 Å². The summed E-state index contributed by atoms with van der Waals surface area (Å²) in [5, 5.41) is 7.48. The Labute approximate surface area is 146 Å². The number of nitrogens with one attached hydrogen (secondary N) is 1. The molecule has 0 spiro atoms. The lowest BCUT2D eigenvalue weighted by Gasteiger charge is -2.10. The summed E-state index contributed by atoms with van der Waals surface area (Å²) in [6.45, 7) is 2.47. The summed E-state index contributed by atoms with van der Waals surface area (Å²) in [6, 6.07) is 0. The quantitative estimate of drug-likeness (QED) is 0.871. The van der Waals surface area contributed by atoms with Crippen LogP contribution in [-0.2, 0) is 20.0 Å². The molecule has 2 aromatic heterocycles. The van der Waals surface area contributed by atoms with Crippen molar-refractivity contribution in [3.05, 3.63) is 27.3 Å². The van der Waals surface area contributed by atoms with Gasteiger partial charge in [-0.15, -0.1) is 11.3 Å². The molecule has 3 rings (SSSR count). The maximum absolute atomic E-state index is 12.7. The van der Waals surface area contributed by atoms with Crippen molar-refractivity contribution in [1.82, 2.24) is 20.1 Å². The highest BCUT2D eigenvalue weighted by atomic mass is 32.1. The van der Waals surface area contributed by atoms with E-state index >= 15 is 0 Å². The second-order valence-corrected chi connectivity index (χ2v) is 7.00. The number of aromatic nitrogens is 3. The highest BCUT2D eigenvalue weighted by Gasteiger charge is 2.25. The summed E-state index contributed by atoms with van der Waals surface area (Å²) in [7, 11) is 3.48. The van der Waals surface area contributed by atoms with Crippen LogP contribution in [0.5, 0.6) is 5.88 Å². The molecular formula is C17H24N4O2S. The molecule has 1 aliphatic rings. The van der Waals surface area contributed by atoms with E-state index in [0.29, 0.717) is 18.3 Å². The van der Waals surface area contributed by atoms with Crippen LogP contribution in [0.15, 0.2) is 5.51 Å². The number of hydrogen-bond donors (Lipinski definition) is 1. The van der Waals surface area contributed by atoms with E-state index in [2.05, 4.69) is 22.3 Å². The van der Waals surface area contributed by atoms with E-state index < -0.39 is 0 Å². The molecule has 0 aliphatic heterocycles. The Balaban J connectivity index is 1.74. The lowest BCUT2D eigenvalue weighted by Crippen LogP contribution is -2.24. The molecule has 2 aromatic rings. The second kappa shape index (κ2) is 7.34. The molecule has 2 heterocycles. The third-order valence-electron chi connectivity index (χ3n) is 4.67. The molecule has 1 N–H and O–H groups in total. The van der Waals surface area contributed by atoms with Gasteiger partial charge in [0, 0.05) is 13.0 Å². The average Bonchev–Trinajstić information content (AvgIpc) is 3.30. The Hall–Kier alpha value is -1.89. The Morgan fingerprint density at radius 1 is 1.46 bits per heavy atom. The summed E-state index contributed by atoms with van der Waals surface area (Å²) in [5.41, 5.74) is 4.66. The molecule has 7 heteroatoms. The molecule has 130 valence electrons. The number of ether oxygens (including phenoxy) is 1. The van der Waals surface area contributed by atoms with Crippen molar-refractivity contribution in [2.75, 3.05) is 7.11 Å². The Morgan fingerprint density at radius 2 is 2.21 bits per heavy atom. The summed E-state index contributed by atoms with van der Waals surface area (Å²) in [5.74, 6) is 1.09. The lowest BCUT2D eigenvalue weighted by molar-refractivity contribution is 0.0953. The predicted octanol–water partition coefficient (Wildman–Crippen LogP) is 3.04. The number of aryl methyl sites for hydroxylation is 2. The highest BCUT2D eigenvalue weighted by Crippen LogP contribution is 2.36. The van der Waals surface area contributed by atoms with Crippen LogP contribution in [-0.4, -0.2) is 27.8 Å². The first-order chi connectivity index (χ1) is 11.7. The fourth-order valence-corrected chi connectivity index (χ4v) is 4.28. The molecular weight excluding hydrogens is 324 g/mol. The van der Waals surface area contributed by atoms with Gasteiger partial charge in [0.1, 0.15) is 4.88 Å². The number of thiazole rings is 1. The van der Waals surface area contributed by atoms with Crippen molar-refractivity contribution in [2.24, 2.45) is 7.05 Å². The minimum atomic E-state index is -0.0487. The van der Waals surface area contributed by atoms with Gasteiger partial charge in [-0.3, -0.25) is 4.79 Å². The largest absolute Gasteiger partial charge is 0.481 e. The van der Waals surface area contributed by atoms with Crippen LogP contribution < -0.4 is 10.1 Å². The lowest BCUT2D eigenvalue weighted by atomic mass is 10.0. The van der Waals surface area contributed by atoms with Crippen molar-refractivity contribution in [2.45, 2.75) is 51.5 Å². The summed E-state index contributed by atoms with van der Waals surface area (Å²) < 4.78 is 7.15.